The number of fused-ring (bicyclic) bond motifs is 1. The van der Waals surface area contributed by atoms with E-state index in [1.165, 1.54) is 14.0 Å². The number of rotatable bonds is 14. The zero-order valence-electron chi connectivity index (χ0n) is 28.9. The minimum absolute atomic E-state index is 0.153. The lowest BCUT2D eigenvalue weighted by molar-refractivity contribution is -0.141. The van der Waals surface area contributed by atoms with Crippen LogP contribution in [-0.4, -0.2) is 64.0 Å². The summed E-state index contributed by atoms with van der Waals surface area (Å²) in [7, 11) is 2.84. The van der Waals surface area contributed by atoms with E-state index in [-0.39, 0.29) is 24.2 Å². The second-order valence-electron chi connectivity index (χ2n) is 13.1. The zero-order valence-corrected chi connectivity index (χ0v) is 29.6. The summed E-state index contributed by atoms with van der Waals surface area (Å²) in [5.41, 5.74) is 4.21. The Bertz CT molecular complexity index is 1940. The van der Waals surface area contributed by atoms with Crippen molar-refractivity contribution < 1.29 is 37.7 Å². The van der Waals surface area contributed by atoms with Crippen LogP contribution in [0.5, 0.6) is 11.8 Å². The molecule has 6 rings (SSSR count). The van der Waals surface area contributed by atoms with Crippen molar-refractivity contribution >= 4 is 23.4 Å². The number of nitrogens with zero attached hydrogens (tertiary/aromatic N) is 3. The Labute approximate surface area is 304 Å². The van der Waals surface area contributed by atoms with Gasteiger partial charge in [0.1, 0.15) is 11.7 Å². The number of carboxylic acid groups (broad SMARTS) is 1. The minimum Gasteiger partial charge on any atom is -0.481 e. The molecule has 11 nitrogen and oxygen atoms in total. The molecule has 0 saturated heterocycles. The third kappa shape index (κ3) is 7.94. The summed E-state index contributed by atoms with van der Waals surface area (Å²) in [6, 6.07) is 13.7. The maximum atomic E-state index is 14.3. The van der Waals surface area contributed by atoms with Crippen LogP contribution in [0.4, 0.5) is 19.0 Å². The van der Waals surface area contributed by atoms with Gasteiger partial charge in [0.15, 0.2) is 11.5 Å². The van der Waals surface area contributed by atoms with E-state index in [2.05, 4.69) is 25.9 Å². The Morgan fingerprint density at radius 2 is 1.69 bits per heavy atom. The van der Waals surface area contributed by atoms with Crippen LogP contribution in [0.2, 0.25) is 5.02 Å². The standard InChI is InChI=1S/C37H40ClF3N6O5/c1-19(36(49)50)43-18-30-35(52-3)47-33(32(44-30)37(39,40)41)45-28-13-11-24-23(6-4-7-25(24)28)26-8-5-9-27(31(26)38)29-12-10-21(34(46-29)51-2)17-42-16-20-14-22(48)15-20/h4-10,12,19-20,22,28,42-43,48H,11,13-18H2,1-3H3,(H,45,47)(H,49,50)/t19-,20-,22-,28-/m0/s1. The van der Waals surface area contributed by atoms with Crippen molar-refractivity contribution in [1.82, 2.24) is 25.6 Å². The third-order valence-electron chi connectivity index (χ3n) is 9.58. The first-order valence-corrected chi connectivity index (χ1v) is 17.3. The van der Waals surface area contributed by atoms with Gasteiger partial charge in [-0.2, -0.15) is 18.2 Å². The number of aliphatic hydroxyl groups is 1. The molecule has 0 aliphatic heterocycles. The number of hydrogen-bond acceptors (Lipinski definition) is 10. The molecule has 52 heavy (non-hydrogen) atoms. The van der Waals surface area contributed by atoms with Gasteiger partial charge in [0.25, 0.3) is 0 Å². The van der Waals surface area contributed by atoms with Crippen LogP contribution in [0, 0.1) is 5.92 Å². The Morgan fingerprint density at radius 3 is 2.38 bits per heavy atom. The fourth-order valence-electron chi connectivity index (χ4n) is 6.74. The lowest BCUT2D eigenvalue weighted by Crippen LogP contribution is -2.35. The highest BCUT2D eigenvalue weighted by Gasteiger charge is 2.39. The van der Waals surface area contributed by atoms with E-state index >= 15 is 0 Å². The van der Waals surface area contributed by atoms with Gasteiger partial charge in [-0.15, -0.1) is 0 Å². The summed E-state index contributed by atoms with van der Waals surface area (Å²) < 4.78 is 53.8. The van der Waals surface area contributed by atoms with Crippen molar-refractivity contribution in [2.45, 2.75) is 70.1 Å². The molecule has 1 saturated carbocycles. The highest BCUT2D eigenvalue weighted by atomic mass is 35.5. The molecule has 2 atom stereocenters. The van der Waals surface area contributed by atoms with E-state index < -0.39 is 35.7 Å². The second-order valence-corrected chi connectivity index (χ2v) is 13.5. The van der Waals surface area contributed by atoms with Crippen molar-refractivity contribution in [3.05, 3.63) is 81.6 Å². The van der Waals surface area contributed by atoms with Crippen molar-refractivity contribution in [3.8, 4) is 34.1 Å². The smallest absolute Gasteiger partial charge is 0.437 e. The zero-order chi connectivity index (χ0) is 37.2. The van der Waals surface area contributed by atoms with Crippen LogP contribution < -0.4 is 25.4 Å². The van der Waals surface area contributed by atoms with Gasteiger partial charge in [-0.3, -0.25) is 10.1 Å². The van der Waals surface area contributed by atoms with E-state index in [0.717, 1.165) is 47.2 Å². The van der Waals surface area contributed by atoms with E-state index in [1.807, 2.05) is 48.5 Å². The highest BCUT2D eigenvalue weighted by Crippen LogP contribution is 2.44. The van der Waals surface area contributed by atoms with Crippen molar-refractivity contribution in [2.75, 3.05) is 26.1 Å². The topological polar surface area (TPSA) is 151 Å². The Morgan fingerprint density at radius 1 is 0.981 bits per heavy atom. The van der Waals surface area contributed by atoms with Gasteiger partial charge in [0.2, 0.25) is 11.8 Å². The quantitative estimate of drug-likeness (QED) is 0.0975. The number of aliphatic hydroxyl groups excluding tert-OH is 1. The average Bonchev–Trinajstić information content (AvgIpc) is 3.52. The summed E-state index contributed by atoms with van der Waals surface area (Å²) in [6.07, 6.45) is -2.37. The first-order valence-electron chi connectivity index (χ1n) is 17.0. The van der Waals surface area contributed by atoms with Crippen LogP contribution in [0.15, 0.2) is 48.5 Å². The summed E-state index contributed by atoms with van der Waals surface area (Å²) in [5, 5.41) is 28.2. The van der Waals surface area contributed by atoms with Crippen molar-refractivity contribution in [2.24, 2.45) is 5.92 Å². The Balaban J connectivity index is 1.25. The molecule has 0 unspecified atom stereocenters. The van der Waals surface area contributed by atoms with Gasteiger partial charge < -0.3 is 30.3 Å². The average molecular weight is 741 g/mol. The number of ether oxygens (including phenoxy) is 2. The molecule has 1 fully saturated rings. The number of carbonyl (C=O) groups is 1. The van der Waals surface area contributed by atoms with Gasteiger partial charge in [-0.05, 0) is 67.8 Å². The van der Waals surface area contributed by atoms with Crippen LogP contribution in [0.1, 0.15) is 60.3 Å². The molecule has 2 aliphatic rings. The molecule has 2 aliphatic carbocycles. The lowest BCUT2D eigenvalue weighted by atomic mass is 9.82. The molecule has 2 aromatic carbocycles. The number of aliphatic carboxylic acids is 1. The predicted octanol–water partition coefficient (Wildman–Crippen LogP) is 6.42. The number of halogens is 4. The van der Waals surface area contributed by atoms with E-state index in [4.69, 9.17) is 31.2 Å². The van der Waals surface area contributed by atoms with Gasteiger partial charge in [0.05, 0.1) is 37.1 Å². The first kappa shape index (κ1) is 37.3. The fraction of sp³-hybridized carbons (Fsp3) is 0.405. The fourth-order valence-corrected chi connectivity index (χ4v) is 7.06. The molecule has 0 spiro atoms. The molecule has 5 N–H and O–H groups in total. The van der Waals surface area contributed by atoms with Crippen LogP contribution in [-0.2, 0) is 30.5 Å². The summed E-state index contributed by atoms with van der Waals surface area (Å²) >= 11 is 7.09. The molecule has 4 aromatic rings. The number of pyridine rings is 1. The second kappa shape index (κ2) is 15.6. The SMILES string of the molecule is COc1nc(-c2cccc(-c3cccc4c3CC[C@@H]4Nc3nc(OC)c(CN[C@@H](C)C(=O)O)nc3C(F)(F)F)c2Cl)ccc1CNC[C@H]1C[C@H](O)C1. The van der Waals surface area contributed by atoms with E-state index in [0.29, 0.717) is 47.5 Å². The van der Waals surface area contributed by atoms with Crippen LogP contribution in [0.3, 0.4) is 0 Å². The first-order chi connectivity index (χ1) is 24.9. The normalized spacial score (nSPS) is 18.7. The molecule has 276 valence electrons. The van der Waals surface area contributed by atoms with Crippen molar-refractivity contribution in [1.29, 1.82) is 0 Å². The van der Waals surface area contributed by atoms with Crippen molar-refractivity contribution in [3.63, 3.8) is 0 Å². The summed E-state index contributed by atoms with van der Waals surface area (Å²) in [6.45, 7) is 2.45. The molecule has 2 aromatic heterocycles. The molecule has 0 amide bonds. The molecule has 2 heterocycles. The molecule has 15 heteroatoms. The molecule has 0 bridgehead atoms. The maximum Gasteiger partial charge on any atom is 0.437 e. The number of aromatic nitrogens is 3. The molecule has 0 radical (unpaired) electrons. The van der Waals surface area contributed by atoms with Gasteiger partial charge in [-0.25, -0.2) is 9.97 Å². The van der Waals surface area contributed by atoms with Gasteiger partial charge in [-0.1, -0.05) is 54.1 Å². The Kier molecular flexibility index (Phi) is 11.2. The highest BCUT2D eigenvalue weighted by molar-refractivity contribution is 6.36. The number of methoxy groups -OCH3 is 2. The molecular weight excluding hydrogens is 701 g/mol. The number of nitrogens with one attached hydrogen (secondary N) is 3. The maximum absolute atomic E-state index is 14.3. The monoisotopic (exact) mass is 740 g/mol. The largest absolute Gasteiger partial charge is 0.481 e. The number of hydrogen-bond donors (Lipinski definition) is 5. The van der Waals surface area contributed by atoms with Gasteiger partial charge >= 0.3 is 12.1 Å². The minimum atomic E-state index is -4.85. The number of benzene rings is 2. The molecular formula is C37H40ClF3N6O5. The predicted molar refractivity (Wildman–Crippen MR) is 189 cm³/mol. The summed E-state index contributed by atoms with van der Waals surface area (Å²) in [5.74, 6) is -0.855. The van der Waals surface area contributed by atoms with Crippen LogP contribution in [0.25, 0.3) is 22.4 Å². The lowest BCUT2D eigenvalue weighted by Gasteiger charge is -2.31. The van der Waals surface area contributed by atoms with E-state index in [9.17, 15) is 23.1 Å². The number of alkyl halides is 3. The number of carboxylic acids is 1. The van der Waals surface area contributed by atoms with E-state index in [1.54, 1.807) is 7.11 Å². The number of anilines is 1. The third-order valence-corrected chi connectivity index (χ3v) is 9.98. The van der Waals surface area contributed by atoms with Gasteiger partial charge in [0, 0.05) is 29.8 Å². The Hall–Kier alpha value is -4.50. The van der Waals surface area contributed by atoms with Crippen LogP contribution >= 0.6 is 11.6 Å². The summed E-state index contributed by atoms with van der Waals surface area (Å²) in [4.78, 5) is 24.0.